The van der Waals surface area contributed by atoms with Crippen LogP contribution in [0, 0.1) is 5.92 Å². The first-order valence-electron chi connectivity index (χ1n) is 9.67. The summed E-state index contributed by atoms with van der Waals surface area (Å²) in [7, 11) is -1.98. The van der Waals surface area contributed by atoms with Crippen molar-refractivity contribution in [3.05, 3.63) is 29.8 Å². The number of morpholine rings is 1. The first kappa shape index (κ1) is 22.6. The van der Waals surface area contributed by atoms with Crippen LogP contribution in [-0.2, 0) is 21.3 Å². The molecule has 1 saturated heterocycles. The van der Waals surface area contributed by atoms with Crippen LogP contribution in [0.5, 0.6) is 0 Å². The van der Waals surface area contributed by atoms with E-state index in [0.29, 0.717) is 24.5 Å². The van der Waals surface area contributed by atoms with Crippen molar-refractivity contribution in [2.24, 2.45) is 16.0 Å². The number of primary sulfonamides is 1. The van der Waals surface area contributed by atoms with Crippen molar-refractivity contribution >= 4 is 16.0 Å². The first-order chi connectivity index (χ1) is 13.3. The summed E-state index contributed by atoms with van der Waals surface area (Å²) < 4.78 is 28.5. The van der Waals surface area contributed by atoms with Crippen LogP contribution in [0.3, 0.4) is 0 Å². The maximum atomic E-state index is 11.5. The summed E-state index contributed by atoms with van der Waals surface area (Å²) in [6.45, 7) is 9.17. The number of nitrogens with one attached hydrogen (secondary N) is 2. The van der Waals surface area contributed by atoms with E-state index in [1.165, 1.54) is 6.07 Å². The maximum absolute atomic E-state index is 11.5. The van der Waals surface area contributed by atoms with Gasteiger partial charge in [-0.2, -0.15) is 0 Å². The molecule has 1 aliphatic heterocycles. The summed E-state index contributed by atoms with van der Waals surface area (Å²) in [5.74, 6) is 1.29. The lowest BCUT2D eigenvalue weighted by molar-refractivity contribution is 0.0132. The molecule has 28 heavy (non-hydrogen) atoms. The number of hydrogen-bond donors (Lipinski definition) is 3. The minimum atomic E-state index is -3.70. The van der Waals surface area contributed by atoms with Crippen LogP contribution in [0.2, 0.25) is 0 Å². The zero-order valence-corrected chi connectivity index (χ0v) is 17.8. The summed E-state index contributed by atoms with van der Waals surface area (Å²) in [6.07, 6.45) is 1.10. The quantitative estimate of drug-likeness (QED) is 0.430. The number of aliphatic imine (C=N–C) groups is 1. The fraction of sp³-hybridized carbons (Fsp3) is 0.632. The van der Waals surface area contributed by atoms with Gasteiger partial charge in [0.05, 0.1) is 18.1 Å². The smallest absolute Gasteiger partial charge is 0.238 e. The molecule has 0 saturated carbocycles. The summed E-state index contributed by atoms with van der Waals surface area (Å²) in [5, 5.41) is 11.8. The molecular weight excluding hydrogens is 378 g/mol. The molecule has 1 fully saturated rings. The molecule has 2 rings (SSSR count). The van der Waals surface area contributed by atoms with Gasteiger partial charge in [0.25, 0.3) is 0 Å². The van der Waals surface area contributed by atoms with E-state index < -0.39 is 10.0 Å². The Labute approximate surface area is 168 Å². The zero-order valence-electron chi connectivity index (χ0n) is 17.0. The molecule has 1 atom stereocenters. The van der Waals surface area contributed by atoms with Crippen LogP contribution in [0.1, 0.15) is 25.8 Å². The van der Waals surface area contributed by atoms with Gasteiger partial charge in [-0.3, -0.25) is 9.89 Å². The lowest BCUT2D eigenvalue weighted by atomic mass is 10.0. The molecule has 0 aromatic heterocycles. The van der Waals surface area contributed by atoms with Gasteiger partial charge in [0.1, 0.15) is 0 Å². The van der Waals surface area contributed by atoms with E-state index in [2.05, 4.69) is 34.4 Å². The van der Waals surface area contributed by atoms with Crippen molar-refractivity contribution in [1.29, 1.82) is 0 Å². The van der Waals surface area contributed by atoms with Crippen LogP contribution in [0.25, 0.3) is 0 Å². The van der Waals surface area contributed by atoms with E-state index in [1.54, 1.807) is 19.2 Å². The summed E-state index contributed by atoms with van der Waals surface area (Å²) in [5.41, 5.74) is 0.821. The highest BCUT2D eigenvalue weighted by Gasteiger charge is 2.22. The lowest BCUT2D eigenvalue weighted by Crippen LogP contribution is -2.50. The molecular formula is C19H33N5O3S. The molecule has 0 spiro atoms. The summed E-state index contributed by atoms with van der Waals surface area (Å²) in [4.78, 5) is 6.86. The fourth-order valence-electron chi connectivity index (χ4n) is 3.30. The molecule has 1 unspecified atom stereocenters. The van der Waals surface area contributed by atoms with Crippen LogP contribution < -0.4 is 15.8 Å². The Hall–Kier alpha value is -1.68. The fourth-order valence-corrected chi connectivity index (χ4v) is 3.89. The highest BCUT2D eigenvalue weighted by molar-refractivity contribution is 7.89. The third-order valence-corrected chi connectivity index (χ3v) is 5.63. The van der Waals surface area contributed by atoms with E-state index in [-0.39, 0.29) is 4.90 Å². The minimum absolute atomic E-state index is 0.110. The lowest BCUT2D eigenvalue weighted by Gasteiger charge is -2.35. The SMILES string of the molecule is CN=C(NCc1cccc(S(N)(=O)=O)c1)NCC(CC(C)C)N1CCOCC1. The molecule has 8 nitrogen and oxygen atoms in total. The molecule has 1 aromatic rings. The molecule has 1 heterocycles. The second-order valence-corrected chi connectivity index (χ2v) is 8.99. The van der Waals surface area contributed by atoms with E-state index in [0.717, 1.165) is 44.8 Å². The topological polar surface area (TPSA) is 109 Å². The van der Waals surface area contributed by atoms with Crippen LogP contribution in [-0.4, -0.2) is 65.2 Å². The van der Waals surface area contributed by atoms with Gasteiger partial charge in [-0.25, -0.2) is 13.6 Å². The van der Waals surface area contributed by atoms with Gasteiger partial charge in [0.15, 0.2) is 5.96 Å². The molecule has 1 aromatic carbocycles. The van der Waals surface area contributed by atoms with E-state index in [1.807, 2.05) is 6.07 Å². The third-order valence-electron chi connectivity index (χ3n) is 4.72. The number of hydrogen-bond acceptors (Lipinski definition) is 5. The predicted molar refractivity (Wildman–Crippen MR) is 112 cm³/mol. The Morgan fingerprint density at radius 2 is 2.00 bits per heavy atom. The van der Waals surface area contributed by atoms with Crippen LogP contribution >= 0.6 is 0 Å². The van der Waals surface area contributed by atoms with Gasteiger partial charge in [-0.1, -0.05) is 26.0 Å². The highest BCUT2D eigenvalue weighted by Crippen LogP contribution is 2.13. The maximum Gasteiger partial charge on any atom is 0.238 e. The van der Waals surface area contributed by atoms with Gasteiger partial charge in [-0.15, -0.1) is 0 Å². The van der Waals surface area contributed by atoms with Crippen molar-refractivity contribution in [1.82, 2.24) is 15.5 Å². The number of sulfonamides is 1. The predicted octanol–water partition coefficient (Wildman–Crippen LogP) is 0.746. The van der Waals surface area contributed by atoms with Crippen molar-refractivity contribution in [2.75, 3.05) is 39.9 Å². The molecule has 4 N–H and O–H groups in total. The highest BCUT2D eigenvalue weighted by atomic mass is 32.2. The van der Waals surface area contributed by atoms with Gasteiger partial charge in [-0.05, 0) is 30.0 Å². The number of rotatable bonds is 8. The second-order valence-electron chi connectivity index (χ2n) is 7.43. The van der Waals surface area contributed by atoms with E-state index in [9.17, 15) is 8.42 Å². The monoisotopic (exact) mass is 411 g/mol. The van der Waals surface area contributed by atoms with Crippen LogP contribution in [0.15, 0.2) is 34.2 Å². The average Bonchev–Trinajstić information content (AvgIpc) is 2.67. The Morgan fingerprint density at radius 3 is 2.61 bits per heavy atom. The van der Waals surface area contributed by atoms with Gasteiger partial charge in [0.2, 0.25) is 10.0 Å². The molecule has 0 radical (unpaired) electrons. The number of nitrogens with zero attached hydrogens (tertiary/aromatic N) is 2. The first-order valence-corrected chi connectivity index (χ1v) is 11.2. The molecule has 0 bridgehead atoms. The van der Waals surface area contributed by atoms with Crippen molar-refractivity contribution in [2.45, 2.75) is 37.8 Å². The third kappa shape index (κ3) is 7.38. The Morgan fingerprint density at radius 1 is 1.29 bits per heavy atom. The number of nitrogens with two attached hydrogens (primary N) is 1. The molecule has 158 valence electrons. The minimum Gasteiger partial charge on any atom is -0.379 e. The molecule has 9 heteroatoms. The average molecular weight is 412 g/mol. The Bertz CT molecular complexity index is 746. The molecule has 0 amide bonds. The second kappa shape index (κ2) is 10.8. The number of guanidine groups is 1. The summed E-state index contributed by atoms with van der Waals surface area (Å²) >= 11 is 0. The van der Waals surface area contributed by atoms with Gasteiger partial charge >= 0.3 is 0 Å². The molecule has 1 aliphatic rings. The van der Waals surface area contributed by atoms with Gasteiger partial charge < -0.3 is 15.4 Å². The van der Waals surface area contributed by atoms with E-state index in [4.69, 9.17) is 9.88 Å². The number of benzene rings is 1. The Balaban J connectivity index is 1.92. The van der Waals surface area contributed by atoms with Gasteiger partial charge in [0, 0.05) is 39.3 Å². The normalized spacial score (nSPS) is 17.5. The van der Waals surface area contributed by atoms with Crippen molar-refractivity contribution in [3.63, 3.8) is 0 Å². The zero-order chi connectivity index (χ0) is 20.6. The van der Waals surface area contributed by atoms with Crippen LogP contribution in [0.4, 0.5) is 0 Å². The summed E-state index contributed by atoms with van der Waals surface area (Å²) in [6, 6.07) is 7.01. The standard InChI is InChI=1S/C19H33N5O3S/c1-15(2)11-17(24-7-9-27-10-8-24)14-23-19(21-3)22-13-16-5-4-6-18(12-16)28(20,25)26/h4-6,12,15,17H,7-11,13-14H2,1-3H3,(H2,20,25,26)(H2,21,22,23). The van der Waals surface area contributed by atoms with Crippen molar-refractivity contribution in [3.8, 4) is 0 Å². The number of ether oxygens (including phenoxy) is 1. The Kier molecular flexibility index (Phi) is 8.68. The largest absolute Gasteiger partial charge is 0.379 e. The van der Waals surface area contributed by atoms with Crippen molar-refractivity contribution < 1.29 is 13.2 Å². The molecule has 0 aliphatic carbocycles. The van der Waals surface area contributed by atoms with E-state index >= 15 is 0 Å².